The molecule has 0 radical (unpaired) electrons. The molecule has 0 aromatic carbocycles. The molecule has 0 spiro atoms. The number of carbonyl (C=O) groups excluding carboxylic acids is 1. The number of hydrazine groups is 1. The largest absolute Gasteiger partial charge is 0.287 e. The SMILES string of the molecule is C#CCN1NC(=O)CC1(C)C. The van der Waals surface area contributed by atoms with Gasteiger partial charge in [0.15, 0.2) is 0 Å². The van der Waals surface area contributed by atoms with Crippen molar-refractivity contribution in [1.82, 2.24) is 10.4 Å². The van der Waals surface area contributed by atoms with Crippen LogP contribution in [0.3, 0.4) is 0 Å². The molecule has 1 saturated heterocycles. The van der Waals surface area contributed by atoms with Crippen molar-refractivity contribution in [1.29, 1.82) is 0 Å². The van der Waals surface area contributed by atoms with E-state index in [1.165, 1.54) is 0 Å². The van der Waals surface area contributed by atoms with Gasteiger partial charge in [0.1, 0.15) is 0 Å². The summed E-state index contributed by atoms with van der Waals surface area (Å²) >= 11 is 0. The standard InChI is InChI=1S/C8H12N2O/c1-4-5-10-8(2,3)6-7(11)9-10/h1H,5-6H2,2-3H3,(H,9,11). The minimum Gasteiger partial charge on any atom is -0.287 e. The fraction of sp³-hybridized carbons (Fsp3) is 0.625. The number of carbonyl (C=O) groups is 1. The first kappa shape index (κ1) is 8.09. The zero-order chi connectivity index (χ0) is 8.48. The van der Waals surface area contributed by atoms with Gasteiger partial charge in [0.25, 0.3) is 0 Å². The summed E-state index contributed by atoms with van der Waals surface area (Å²) in [6.45, 7) is 4.45. The molecular formula is C8H12N2O. The monoisotopic (exact) mass is 152 g/mol. The van der Waals surface area contributed by atoms with Crippen LogP contribution in [-0.2, 0) is 4.79 Å². The first-order valence-electron chi connectivity index (χ1n) is 3.57. The maximum atomic E-state index is 10.9. The Labute approximate surface area is 66.7 Å². The van der Waals surface area contributed by atoms with Gasteiger partial charge in [-0.3, -0.25) is 10.2 Å². The molecule has 11 heavy (non-hydrogen) atoms. The third-order valence-corrected chi connectivity index (χ3v) is 1.83. The van der Waals surface area contributed by atoms with Crippen molar-refractivity contribution in [2.75, 3.05) is 6.54 Å². The van der Waals surface area contributed by atoms with Crippen LogP contribution in [-0.4, -0.2) is 23.0 Å². The lowest BCUT2D eigenvalue weighted by Crippen LogP contribution is -2.44. The van der Waals surface area contributed by atoms with E-state index < -0.39 is 0 Å². The van der Waals surface area contributed by atoms with Crippen LogP contribution in [0, 0.1) is 12.3 Å². The van der Waals surface area contributed by atoms with Gasteiger partial charge in [-0.25, -0.2) is 5.01 Å². The van der Waals surface area contributed by atoms with E-state index in [1.807, 2.05) is 13.8 Å². The van der Waals surface area contributed by atoms with E-state index in [-0.39, 0.29) is 11.4 Å². The van der Waals surface area contributed by atoms with Crippen LogP contribution in [0.1, 0.15) is 20.3 Å². The predicted molar refractivity (Wildman–Crippen MR) is 42.4 cm³/mol. The minimum absolute atomic E-state index is 0.0465. The van der Waals surface area contributed by atoms with E-state index >= 15 is 0 Å². The van der Waals surface area contributed by atoms with Crippen molar-refractivity contribution in [2.45, 2.75) is 25.8 Å². The normalized spacial score (nSPS) is 22.8. The van der Waals surface area contributed by atoms with E-state index in [2.05, 4.69) is 11.3 Å². The maximum Gasteiger partial charge on any atom is 0.236 e. The molecule has 0 unspecified atom stereocenters. The Balaban J connectivity index is 2.67. The summed E-state index contributed by atoms with van der Waals surface area (Å²) in [5.41, 5.74) is 2.56. The highest BCUT2D eigenvalue weighted by atomic mass is 16.2. The Hall–Kier alpha value is -1.01. The van der Waals surface area contributed by atoms with Crippen molar-refractivity contribution in [3.63, 3.8) is 0 Å². The highest BCUT2D eigenvalue weighted by molar-refractivity contribution is 5.78. The lowest BCUT2D eigenvalue weighted by atomic mass is 10.0. The van der Waals surface area contributed by atoms with Crippen molar-refractivity contribution in [2.24, 2.45) is 0 Å². The van der Waals surface area contributed by atoms with Crippen molar-refractivity contribution in [3.05, 3.63) is 0 Å². The average Bonchev–Trinajstić information content (AvgIpc) is 2.07. The third kappa shape index (κ3) is 1.52. The Morgan fingerprint density at radius 2 is 2.45 bits per heavy atom. The number of hydrogen-bond donors (Lipinski definition) is 1. The lowest BCUT2D eigenvalue weighted by molar-refractivity contribution is -0.120. The van der Waals surface area contributed by atoms with Gasteiger partial charge in [-0.15, -0.1) is 6.42 Å². The van der Waals surface area contributed by atoms with Crippen molar-refractivity contribution >= 4 is 5.91 Å². The average molecular weight is 152 g/mol. The highest BCUT2D eigenvalue weighted by Crippen LogP contribution is 2.21. The van der Waals surface area contributed by atoms with Crippen molar-refractivity contribution < 1.29 is 4.79 Å². The van der Waals surface area contributed by atoms with Crippen LogP contribution >= 0.6 is 0 Å². The first-order valence-corrected chi connectivity index (χ1v) is 3.57. The molecule has 60 valence electrons. The topological polar surface area (TPSA) is 32.3 Å². The Kier molecular flexibility index (Phi) is 1.88. The van der Waals surface area contributed by atoms with Gasteiger partial charge in [-0.05, 0) is 13.8 Å². The fourth-order valence-corrected chi connectivity index (χ4v) is 1.17. The summed E-state index contributed by atoms with van der Waals surface area (Å²) in [5.74, 6) is 2.54. The summed E-state index contributed by atoms with van der Waals surface area (Å²) in [7, 11) is 0. The predicted octanol–water partition coefficient (Wildman–Crippen LogP) is 0.135. The number of terminal acetylenes is 1. The molecule has 1 aliphatic heterocycles. The number of amides is 1. The van der Waals surface area contributed by atoms with Gasteiger partial charge in [0, 0.05) is 12.0 Å². The van der Waals surface area contributed by atoms with E-state index in [9.17, 15) is 4.79 Å². The Morgan fingerprint density at radius 3 is 2.82 bits per heavy atom. The van der Waals surface area contributed by atoms with Crippen molar-refractivity contribution in [3.8, 4) is 12.3 Å². The van der Waals surface area contributed by atoms with E-state index in [4.69, 9.17) is 6.42 Å². The summed E-state index contributed by atoms with van der Waals surface area (Å²) in [6.07, 6.45) is 5.65. The Bertz CT molecular complexity index is 215. The summed E-state index contributed by atoms with van der Waals surface area (Å²) in [5, 5.41) is 1.79. The molecule has 3 nitrogen and oxygen atoms in total. The van der Waals surface area contributed by atoms with Gasteiger partial charge in [0.2, 0.25) is 5.91 Å². The molecule has 0 bridgehead atoms. The number of nitrogens with zero attached hydrogens (tertiary/aromatic N) is 1. The van der Waals surface area contributed by atoms with Crippen LogP contribution in [0.4, 0.5) is 0 Å². The second-order valence-electron chi connectivity index (χ2n) is 3.31. The second-order valence-corrected chi connectivity index (χ2v) is 3.31. The molecule has 1 fully saturated rings. The minimum atomic E-state index is -0.135. The first-order chi connectivity index (χ1) is 5.06. The maximum absolute atomic E-state index is 10.9. The van der Waals surface area contributed by atoms with Gasteiger partial charge >= 0.3 is 0 Å². The fourth-order valence-electron chi connectivity index (χ4n) is 1.17. The molecule has 0 aromatic heterocycles. The summed E-state index contributed by atoms with van der Waals surface area (Å²) in [6, 6.07) is 0. The van der Waals surface area contributed by atoms with Crippen LogP contribution in [0.2, 0.25) is 0 Å². The number of nitrogens with one attached hydrogen (secondary N) is 1. The van der Waals surface area contributed by atoms with E-state index in [0.29, 0.717) is 13.0 Å². The quantitative estimate of drug-likeness (QED) is 0.542. The summed E-state index contributed by atoms with van der Waals surface area (Å²) in [4.78, 5) is 10.9. The summed E-state index contributed by atoms with van der Waals surface area (Å²) < 4.78 is 0. The second kappa shape index (κ2) is 2.55. The molecule has 1 N–H and O–H groups in total. The molecule has 0 aliphatic carbocycles. The van der Waals surface area contributed by atoms with Gasteiger partial charge in [-0.2, -0.15) is 0 Å². The molecule has 1 amide bonds. The van der Waals surface area contributed by atoms with Gasteiger partial charge in [0.05, 0.1) is 6.54 Å². The van der Waals surface area contributed by atoms with E-state index in [0.717, 1.165) is 0 Å². The van der Waals surface area contributed by atoms with Crippen LogP contribution in [0.5, 0.6) is 0 Å². The molecule has 0 aromatic rings. The smallest absolute Gasteiger partial charge is 0.236 e. The van der Waals surface area contributed by atoms with Gasteiger partial charge < -0.3 is 0 Å². The zero-order valence-electron chi connectivity index (χ0n) is 6.85. The molecule has 1 heterocycles. The third-order valence-electron chi connectivity index (χ3n) is 1.83. The van der Waals surface area contributed by atoms with Crippen LogP contribution in [0.25, 0.3) is 0 Å². The molecule has 0 atom stereocenters. The van der Waals surface area contributed by atoms with Gasteiger partial charge in [-0.1, -0.05) is 5.92 Å². The number of rotatable bonds is 1. The Morgan fingerprint density at radius 1 is 1.82 bits per heavy atom. The molecule has 3 heteroatoms. The van der Waals surface area contributed by atoms with Crippen LogP contribution < -0.4 is 5.43 Å². The number of hydrogen-bond acceptors (Lipinski definition) is 2. The molecular weight excluding hydrogens is 140 g/mol. The van der Waals surface area contributed by atoms with E-state index in [1.54, 1.807) is 5.01 Å². The molecule has 1 aliphatic rings. The zero-order valence-corrected chi connectivity index (χ0v) is 6.85. The highest BCUT2D eigenvalue weighted by Gasteiger charge is 2.36. The lowest BCUT2D eigenvalue weighted by Gasteiger charge is -2.27. The van der Waals surface area contributed by atoms with Crippen LogP contribution in [0.15, 0.2) is 0 Å². The molecule has 0 saturated carbocycles. The molecule has 1 rings (SSSR count).